The van der Waals surface area contributed by atoms with Crippen LogP contribution in [0.15, 0.2) is 30.3 Å². The number of benzene rings is 1. The molecule has 2 atom stereocenters. The molecule has 35 heavy (non-hydrogen) atoms. The van der Waals surface area contributed by atoms with Gasteiger partial charge in [0.2, 0.25) is 0 Å². The van der Waals surface area contributed by atoms with Crippen molar-refractivity contribution >= 4 is 39.4 Å². The van der Waals surface area contributed by atoms with Gasteiger partial charge in [-0.3, -0.25) is 0 Å². The summed E-state index contributed by atoms with van der Waals surface area (Å²) in [6, 6.07) is 10.7. The van der Waals surface area contributed by atoms with Crippen LogP contribution in [0.3, 0.4) is 0 Å². The summed E-state index contributed by atoms with van der Waals surface area (Å²) in [5, 5.41) is 0. The average Bonchev–Trinajstić information content (AvgIpc) is 3.42. The van der Waals surface area contributed by atoms with Crippen LogP contribution in [-0.4, -0.2) is 46.2 Å². The van der Waals surface area contributed by atoms with Crippen molar-refractivity contribution in [3.05, 3.63) is 30.3 Å². The molecule has 0 bridgehead atoms. The van der Waals surface area contributed by atoms with E-state index in [1.54, 1.807) is 0 Å². The van der Waals surface area contributed by atoms with E-state index < -0.39 is 36.6 Å². The SMILES string of the molecule is CC(C)[Si](C(C)C)(C(C)C)[C@@H]([Se]c1ccccc1)[C@H]1CC1(C(=O)OC(C)(C)C)C(=O)OC(C)(C)C. The first-order valence-corrected chi connectivity index (χ1v) is 17.2. The molecule has 0 spiro atoms. The first kappa shape index (κ1) is 30.1. The fraction of sp³-hybridized carbons (Fsp3) is 0.724. The van der Waals surface area contributed by atoms with Crippen LogP contribution in [-0.2, 0) is 19.1 Å². The predicted octanol–water partition coefficient (Wildman–Crippen LogP) is 6.71. The van der Waals surface area contributed by atoms with Crippen molar-refractivity contribution in [2.75, 3.05) is 0 Å². The Kier molecular flexibility index (Phi) is 9.22. The van der Waals surface area contributed by atoms with Gasteiger partial charge in [0.25, 0.3) is 0 Å². The van der Waals surface area contributed by atoms with E-state index in [-0.39, 0.29) is 20.9 Å². The Hall–Kier alpha value is -1.10. The molecule has 198 valence electrons. The first-order chi connectivity index (χ1) is 15.9. The van der Waals surface area contributed by atoms with Gasteiger partial charge in [-0.05, 0) is 0 Å². The van der Waals surface area contributed by atoms with E-state index in [0.29, 0.717) is 27.5 Å². The van der Waals surface area contributed by atoms with E-state index in [1.165, 1.54) is 4.46 Å². The maximum absolute atomic E-state index is 13.8. The third-order valence-electron chi connectivity index (χ3n) is 7.41. The molecular weight excluding hydrogens is 519 g/mol. The molecule has 0 heterocycles. The van der Waals surface area contributed by atoms with Crippen molar-refractivity contribution in [2.24, 2.45) is 11.3 Å². The molecule has 1 fully saturated rings. The van der Waals surface area contributed by atoms with Crippen LogP contribution >= 0.6 is 0 Å². The van der Waals surface area contributed by atoms with Crippen molar-refractivity contribution in [3.63, 3.8) is 0 Å². The quantitative estimate of drug-likeness (QED) is 0.189. The third kappa shape index (κ3) is 6.43. The number of ether oxygens (including phenoxy) is 2. The van der Waals surface area contributed by atoms with Crippen LogP contribution in [0, 0.1) is 11.3 Å². The molecule has 1 aliphatic carbocycles. The Morgan fingerprint density at radius 1 is 0.829 bits per heavy atom. The fourth-order valence-corrected chi connectivity index (χ4v) is 22.8. The molecule has 0 radical (unpaired) electrons. The number of hydrogen-bond donors (Lipinski definition) is 0. The second-order valence-corrected chi connectivity index (χ2v) is 22.7. The number of carbonyl (C=O) groups excluding carboxylic acids is 2. The topological polar surface area (TPSA) is 52.6 Å². The Balaban J connectivity index is 2.68. The van der Waals surface area contributed by atoms with Crippen molar-refractivity contribution < 1.29 is 19.1 Å². The second kappa shape index (κ2) is 10.7. The van der Waals surface area contributed by atoms with Crippen LogP contribution in [0.2, 0.25) is 21.1 Å². The zero-order valence-electron chi connectivity index (χ0n) is 24.0. The van der Waals surface area contributed by atoms with Gasteiger partial charge in [-0.1, -0.05) is 0 Å². The van der Waals surface area contributed by atoms with E-state index in [1.807, 2.05) is 41.5 Å². The fourth-order valence-electron chi connectivity index (χ4n) is 6.11. The van der Waals surface area contributed by atoms with Gasteiger partial charge in [0.15, 0.2) is 0 Å². The van der Waals surface area contributed by atoms with Gasteiger partial charge in [-0.25, -0.2) is 0 Å². The molecule has 1 aromatic carbocycles. The molecule has 1 aliphatic rings. The van der Waals surface area contributed by atoms with Crippen LogP contribution in [0.4, 0.5) is 0 Å². The molecule has 0 saturated heterocycles. The molecular formula is C29H48O4SeSi. The minimum absolute atomic E-state index is 0.0497. The van der Waals surface area contributed by atoms with Crippen LogP contribution in [0.5, 0.6) is 0 Å². The summed E-state index contributed by atoms with van der Waals surface area (Å²) in [5.74, 6) is -0.860. The Labute approximate surface area is 221 Å². The van der Waals surface area contributed by atoms with Crippen LogP contribution in [0.25, 0.3) is 0 Å². The standard InChI is InChI=1S/C29H48O4SeSi/c1-19(2)35(20(3)4,21(5)6)24(34-22-16-14-13-15-17-22)23-18-29(23,25(30)32-27(7,8)9)26(31)33-28(10,11)12/h13-17,19-21,23-24H,18H2,1-12H3/t23-,24-/m1/s1. The molecule has 1 saturated carbocycles. The molecule has 1 aromatic rings. The molecule has 0 N–H and O–H groups in total. The molecule has 0 aromatic heterocycles. The minimum atomic E-state index is -2.03. The van der Waals surface area contributed by atoms with Gasteiger partial charge in [0.05, 0.1) is 0 Å². The first-order valence-electron chi connectivity index (χ1n) is 13.1. The molecule has 0 amide bonds. The van der Waals surface area contributed by atoms with Gasteiger partial charge in [-0.2, -0.15) is 0 Å². The summed E-state index contributed by atoms with van der Waals surface area (Å²) in [4.78, 5) is 27.5. The summed E-state index contributed by atoms with van der Waals surface area (Å²) in [6.45, 7) is 25.4. The summed E-state index contributed by atoms with van der Waals surface area (Å²) in [7, 11) is -2.03. The van der Waals surface area contributed by atoms with Crippen molar-refractivity contribution in [2.45, 2.75) is 122 Å². The van der Waals surface area contributed by atoms with Gasteiger partial charge in [-0.15, -0.1) is 0 Å². The van der Waals surface area contributed by atoms with E-state index in [2.05, 4.69) is 71.9 Å². The zero-order valence-corrected chi connectivity index (χ0v) is 26.7. The van der Waals surface area contributed by atoms with E-state index in [4.69, 9.17) is 9.47 Å². The van der Waals surface area contributed by atoms with Crippen LogP contribution < -0.4 is 4.46 Å². The average molecular weight is 568 g/mol. The summed E-state index contributed by atoms with van der Waals surface area (Å²) >= 11 is 0.128. The number of rotatable bonds is 9. The van der Waals surface area contributed by atoms with Crippen molar-refractivity contribution in [1.82, 2.24) is 0 Å². The summed E-state index contributed by atoms with van der Waals surface area (Å²) < 4.78 is 13.5. The molecule has 6 heteroatoms. The molecule has 4 nitrogen and oxygen atoms in total. The van der Waals surface area contributed by atoms with Gasteiger partial charge < -0.3 is 0 Å². The number of carbonyl (C=O) groups is 2. The number of esters is 2. The number of hydrogen-bond acceptors (Lipinski definition) is 4. The third-order valence-corrected chi connectivity index (χ3v) is 20.3. The van der Waals surface area contributed by atoms with Crippen molar-refractivity contribution in [3.8, 4) is 0 Å². The van der Waals surface area contributed by atoms with Gasteiger partial charge in [0.1, 0.15) is 0 Å². The van der Waals surface area contributed by atoms with Crippen molar-refractivity contribution in [1.29, 1.82) is 0 Å². The van der Waals surface area contributed by atoms with Gasteiger partial charge >= 0.3 is 222 Å². The Morgan fingerprint density at radius 3 is 1.57 bits per heavy atom. The normalized spacial score (nSPS) is 19.1. The maximum atomic E-state index is 13.8. The molecule has 0 aliphatic heterocycles. The van der Waals surface area contributed by atoms with Gasteiger partial charge in [0, 0.05) is 0 Å². The zero-order chi connectivity index (χ0) is 27.0. The monoisotopic (exact) mass is 568 g/mol. The second-order valence-electron chi connectivity index (χ2n) is 13.1. The summed E-state index contributed by atoms with van der Waals surface area (Å²) in [6.07, 6.45) is 0.525. The summed E-state index contributed by atoms with van der Waals surface area (Å²) in [5.41, 5.74) is -0.973. The van der Waals surface area contributed by atoms with E-state index >= 15 is 0 Å². The molecule has 0 unspecified atom stereocenters. The molecule has 2 rings (SSSR count). The van der Waals surface area contributed by atoms with Crippen LogP contribution in [0.1, 0.15) is 89.5 Å². The predicted molar refractivity (Wildman–Crippen MR) is 149 cm³/mol. The van der Waals surface area contributed by atoms with E-state index in [9.17, 15) is 9.59 Å². The Bertz CT molecular complexity index is 830. The Morgan fingerprint density at radius 2 is 1.23 bits per heavy atom. The van der Waals surface area contributed by atoms with E-state index in [0.717, 1.165) is 0 Å².